The number of methoxy groups -OCH3 is 1. The van der Waals surface area contributed by atoms with Gasteiger partial charge in [0.15, 0.2) is 0 Å². The van der Waals surface area contributed by atoms with Crippen LogP contribution in [0.2, 0.25) is 0 Å². The molecule has 19 heavy (non-hydrogen) atoms. The van der Waals surface area contributed by atoms with Crippen molar-refractivity contribution >= 4 is 15.7 Å². The number of nitrogens with zero attached hydrogens (tertiary/aromatic N) is 2. The first-order chi connectivity index (χ1) is 9.09. The molecule has 2 rings (SSSR count). The van der Waals surface area contributed by atoms with Crippen LogP contribution in [0, 0.1) is 0 Å². The summed E-state index contributed by atoms with van der Waals surface area (Å²) in [6, 6.07) is 0.520. The Morgan fingerprint density at radius 2 is 2.32 bits per heavy atom. The topological polar surface area (TPSA) is 85.2 Å². The Morgan fingerprint density at radius 1 is 1.53 bits per heavy atom. The summed E-state index contributed by atoms with van der Waals surface area (Å²) in [6.45, 7) is 1.62. The molecule has 1 aromatic heterocycles. The summed E-state index contributed by atoms with van der Waals surface area (Å²) in [7, 11) is -1.70. The van der Waals surface area contributed by atoms with E-state index in [-0.39, 0.29) is 5.75 Å². The molecule has 0 bridgehead atoms. The highest BCUT2D eigenvalue weighted by atomic mass is 32.2. The van der Waals surface area contributed by atoms with Crippen LogP contribution in [0.15, 0.2) is 12.4 Å². The van der Waals surface area contributed by atoms with Gasteiger partial charge in [0.05, 0.1) is 30.8 Å². The monoisotopic (exact) mass is 288 g/mol. The summed E-state index contributed by atoms with van der Waals surface area (Å²) in [6.07, 6.45) is 5.46. The number of rotatable bonds is 9. The Balaban J connectivity index is 1.78. The van der Waals surface area contributed by atoms with Crippen molar-refractivity contribution in [1.82, 2.24) is 15.1 Å². The molecule has 1 aromatic rings. The Labute approximate surface area is 113 Å². The van der Waals surface area contributed by atoms with E-state index in [2.05, 4.69) is 15.1 Å². The third-order valence-corrected chi connectivity index (χ3v) is 4.10. The first-order valence-corrected chi connectivity index (χ1v) is 7.99. The summed E-state index contributed by atoms with van der Waals surface area (Å²) < 4.78 is 32.7. The standard InChI is InChI=1S/C11H20N4O3S/c1-18-6-5-15-9-11(8-13-15)14-19(16,17)7-4-12-10-2-3-10/h8-10,12,14H,2-7H2,1H3. The zero-order chi connectivity index (χ0) is 13.7. The maximum Gasteiger partial charge on any atom is 0.234 e. The molecule has 1 heterocycles. The van der Waals surface area contributed by atoms with E-state index in [0.29, 0.717) is 31.4 Å². The van der Waals surface area contributed by atoms with Crippen molar-refractivity contribution in [3.63, 3.8) is 0 Å². The molecule has 1 aliphatic rings. The van der Waals surface area contributed by atoms with Gasteiger partial charge in [-0.15, -0.1) is 0 Å². The van der Waals surface area contributed by atoms with Gasteiger partial charge in [-0.25, -0.2) is 8.42 Å². The van der Waals surface area contributed by atoms with Gasteiger partial charge in [-0.2, -0.15) is 5.10 Å². The van der Waals surface area contributed by atoms with E-state index in [9.17, 15) is 8.42 Å². The van der Waals surface area contributed by atoms with Gasteiger partial charge < -0.3 is 10.1 Å². The summed E-state index contributed by atoms with van der Waals surface area (Å²) in [4.78, 5) is 0. The van der Waals surface area contributed by atoms with Crippen LogP contribution < -0.4 is 10.0 Å². The normalized spacial score (nSPS) is 15.6. The zero-order valence-corrected chi connectivity index (χ0v) is 11.8. The van der Waals surface area contributed by atoms with Gasteiger partial charge >= 0.3 is 0 Å². The average molecular weight is 288 g/mol. The molecule has 0 aromatic carbocycles. The van der Waals surface area contributed by atoms with Crippen LogP contribution in [0.3, 0.4) is 0 Å². The van der Waals surface area contributed by atoms with Crippen molar-refractivity contribution in [2.75, 3.05) is 30.7 Å². The SMILES string of the molecule is COCCn1cc(NS(=O)(=O)CCNC2CC2)cn1. The van der Waals surface area contributed by atoms with E-state index < -0.39 is 10.0 Å². The number of ether oxygens (including phenoxy) is 1. The maximum atomic E-state index is 11.8. The molecule has 0 aliphatic heterocycles. The van der Waals surface area contributed by atoms with Crippen LogP contribution in [0.1, 0.15) is 12.8 Å². The average Bonchev–Trinajstić information content (AvgIpc) is 3.06. The van der Waals surface area contributed by atoms with Crippen molar-refractivity contribution in [2.45, 2.75) is 25.4 Å². The highest BCUT2D eigenvalue weighted by Crippen LogP contribution is 2.18. The number of hydrogen-bond donors (Lipinski definition) is 2. The van der Waals surface area contributed by atoms with Gasteiger partial charge in [0.25, 0.3) is 0 Å². The number of hydrogen-bond acceptors (Lipinski definition) is 5. The Hall–Kier alpha value is -1.12. The minimum absolute atomic E-state index is 0.0761. The molecular weight excluding hydrogens is 268 g/mol. The second kappa shape index (κ2) is 6.36. The van der Waals surface area contributed by atoms with Crippen molar-refractivity contribution in [3.8, 4) is 0 Å². The van der Waals surface area contributed by atoms with Crippen molar-refractivity contribution in [2.24, 2.45) is 0 Å². The lowest BCUT2D eigenvalue weighted by Crippen LogP contribution is -2.27. The predicted molar refractivity (Wildman–Crippen MR) is 72.5 cm³/mol. The Bertz CT molecular complexity index is 496. The van der Waals surface area contributed by atoms with Crippen LogP contribution >= 0.6 is 0 Å². The van der Waals surface area contributed by atoms with Gasteiger partial charge in [0, 0.05) is 25.9 Å². The van der Waals surface area contributed by atoms with E-state index in [0.717, 1.165) is 12.8 Å². The third kappa shape index (κ3) is 5.17. The summed E-state index contributed by atoms with van der Waals surface area (Å²) in [5.41, 5.74) is 0.488. The summed E-state index contributed by atoms with van der Waals surface area (Å²) >= 11 is 0. The largest absolute Gasteiger partial charge is 0.383 e. The highest BCUT2D eigenvalue weighted by Gasteiger charge is 2.21. The molecule has 1 saturated carbocycles. The third-order valence-electron chi connectivity index (χ3n) is 2.81. The van der Waals surface area contributed by atoms with Crippen LogP contribution in [-0.4, -0.2) is 50.3 Å². The molecule has 7 nitrogen and oxygen atoms in total. The van der Waals surface area contributed by atoms with Gasteiger partial charge in [-0.1, -0.05) is 0 Å². The first-order valence-electron chi connectivity index (χ1n) is 6.34. The van der Waals surface area contributed by atoms with E-state index >= 15 is 0 Å². The predicted octanol–water partition coefficient (Wildman–Crippen LogP) is 0.0232. The van der Waals surface area contributed by atoms with E-state index in [4.69, 9.17) is 4.74 Å². The minimum Gasteiger partial charge on any atom is -0.383 e. The first kappa shape index (κ1) is 14.3. The fourth-order valence-electron chi connectivity index (χ4n) is 1.64. The molecule has 0 radical (unpaired) electrons. The molecule has 2 N–H and O–H groups in total. The zero-order valence-electron chi connectivity index (χ0n) is 11.0. The lowest BCUT2D eigenvalue weighted by Gasteiger charge is -2.06. The van der Waals surface area contributed by atoms with Gasteiger partial charge in [0.1, 0.15) is 0 Å². The molecule has 1 fully saturated rings. The summed E-state index contributed by atoms with van der Waals surface area (Å²) in [5, 5.41) is 7.23. The van der Waals surface area contributed by atoms with Crippen LogP contribution in [-0.2, 0) is 21.3 Å². The Kier molecular flexibility index (Phi) is 4.78. The molecule has 0 unspecified atom stereocenters. The molecule has 0 spiro atoms. The fourth-order valence-corrected chi connectivity index (χ4v) is 2.59. The van der Waals surface area contributed by atoms with Crippen LogP contribution in [0.25, 0.3) is 0 Å². The minimum atomic E-state index is -3.31. The molecule has 1 aliphatic carbocycles. The molecule has 0 atom stereocenters. The molecular formula is C11H20N4O3S. The number of anilines is 1. The second-order valence-electron chi connectivity index (χ2n) is 4.63. The Morgan fingerprint density at radius 3 is 3.00 bits per heavy atom. The van der Waals surface area contributed by atoms with Gasteiger partial charge in [-0.05, 0) is 12.8 Å². The molecule has 108 valence electrons. The lowest BCUT2D eigenvalue weighted by molar-refractivity contribution is 0.183. The van der Waals surface area contributed by atoms with Crippen molar-refractivity contribution in [3.05, 3.63) is 12.4 Å². The van der Waals surface area contributed by atoms with E-state index in [1.54, 1.807) is 18.0 Å². The molecule has 8 heteroatoms. The van der Waals surface area contributed by atoms with Gasteiger partial charge in [0.2, 0.25) is 10.0 Å². The van der Waals surface area contributed by atoms with E-state index in [1.165, 1.54) is 6.20 Å². The van der Waals surface area contributed by atoms with Crippen LogP contribution in [0.4, 0.5) is 5.69 Å². The maximum absolute atomic E-state index is 11.8. The van der Waals surface area contributed by atoms with E-state index in [1.807, 2.05) is 0 Å². The van der Waals surface area contributed by atoms with Crippen molar-refractivity contribution in [1.29, 1.82) is 0 Å². The molecule has 0 amide bonds. The van der Waals surface area contributed by atoms with Crippen LogP contribution in [0.5, 0.6) is 0 Å². The smallest absolute Gasteiger partial charge is 0.234 e. The number of aromatic nitrogens is 2. The summed E-state index contributed by atoms with van der Waals surface area (Å²) in [5.74, 6) is 0.0761. The lowest BCUT2D eigenvalue weighted by atomic mass is 10.6. The quantitative estimate of drug-likeness (QED) is 0.669. The van der Waals surface area contributed by atoms with Crippen molar-refractivity contribution < 1.29 is 13.2 Å². The second-order valence-corrected chi connectivity index (χ2v) is 6.48. The molecule has 0 saturated heterocycles. The fraction of sp³-hybridized carbons (Fsp3) is 0.727. The number of nitrogens with one attached hydrogen (secondary N) is 2. The highest BCUT2D eigenvalue weighted by molar-refractivity contribution is 7.92. The van der Waals surface area contributed by atoms with Gasteiger partial charge in [-0.3, -0.25) is 9.40 Å². The number of sulfonamides is 1.